The van der Waals surface area contributed by atoms with Crippen LogP contribution in [0, 0.1) is 12.8 Å². The lowest BCUT2D eigenvalue weighted by molar-refractivity contribution is 0.692. The summed E-state index contributed by atoms with van der Waals surface area (Å²) in [5, 5.41) is 3.69. The Labute approximate surface area is 92.9 Å². The van der Waals surface area contributed by atoms with Gasteiger partial charge < -0.3 is 5.32 Å². The Bertz CT molecular complexity index is 339. The van der Waals surface area contributed by atoms with Gasteiger partial charge in [-0.25, -0.2) is 0 Å². The third kappa shape index (κ3) is 2.34. The smallest absolute Gasteiger partial charge is 0.0404 e. The van der Waals surface area contributed by atoms with Crippen molar-refractivity contribution in [2.75, 3.05) is 5.32 Å². The number of aryl methyl sites for hydroxylation is 2. The van der Waals surface area contributed by atoms with E-state index in [1.165, 1.54) is 29.7 Å². The van der Waals surface area contributed by atoms with Crippen molar-refractivity contribution < 1.29 is 0 Å². The fraction of sp³-hybridized carbons (Fsp3) is 0.571. The number of hydrogen-bond donors (Lipinski definition) is 1. The van der Waals surface area contributed by atoms with Gasteiger partial charge in [-0.1, -0.05) is 25.1 Å². The van der Waals surface area contributed by atoms with E-state index in [1.54, 1.807) is 0 Å². The van der Waals surface area contributed by atoms with Crippen molar-refractivity contribution in [3.8, 4) is 0 Å². The van der Waals surface area contributed by atoms with E-state index in [0.717, 1.165) is 12.3 Å². The van der Waals surface area contributed by atoms with Gasteiger partial charge in [0.1, 0.15) is 0 Å². The van der Waals surface area contributed by atoms with E-state index in [-0.39, 0.29) is 0 Å². The molecule has 1 aromatic rings. The van der Waals surface area contributed by atoms with Gasteiger partial charge in [0, 0.05) is 11.7 Å². The molecule has 15 heavy (non-hydrogen) atoms. The van der Waals surface area contributed by atoms with Crippen molar-refractivity contribution in [1.29, 1.82) is 0 Å². The zero-order valence-corrected chi connectivity index (χ0v) is 10.0. The van der Waals surface area contributed by atoms with E-state index >= 15 is 0 Å². The monoisotopic (exact) mass is 203 g/mol. The van der Waals surface area contributed by atoms with E-state index < -0.39 is 0 Å². The van der Waals surface area contributed by atoms with Crippen molar-refractivity contribution in [2.45, 2.75) is 46.1 Å². The molecule has 1 atom stereocenters. The van der Waals surface area contributed by atoms with Crippen molar-refractivity contribution in [2.24, 2.45) is 5.92 Å². The highest BCUT2D eigenvalue weighted by Gasteiger charge is 2.28. The minimum Gasteiger partial charge on any atom is -0.382 e. The Morgan fingerprint density at radius 3 is 2.73 bits per heavy atom. The van der Waals surface area contributed by atoms with Gasteiger partial charge in [-0.2, -0.15) is 0 Å². The Morgan fingerprint density at radius 1 is 1.40 bits per heavy atom. The number of para-hydroxylation sites is 1. The molecule has 0 radical (unpaired) electrons. The normalized spacial score (nSPS) is 17.5. The molecular weight excluding hydrogens is 182 g/mol. The molecule has 1 N–H and O–H groups in total. The molecule has 0 spiro atoms. The summed E-state index contributed by atoms with van der Waals surface area (Å²) in [5.41, 5.74) is 4.20. The molecule has 0 bridgehead atoms. The van der Waals surface area contributed by atoms with Crippen LogP contribution in [0.2, 0.25) is 0 Å². The minimum absolute atomic E-state index is 0.636. The molecule has 0 aliphatic heterocycles. The maximum absolute atomic E-state index is 3.69. The molecule has 82 valence electrons. The minimum atomic E-state index is 0.636. The summed E-state index contributed by atoms with van der Waals surface area (Å²) in [5.74, 6) is 0.911. The van der Waals surface area contributed by atoms with Crippen LogP contribution >= 0.6 is 0 Å². The molecular formula is C14H21N. The second-order valence-corrected chi connectivity index (χ2v) is 4.73. The van der Waals surface area contributed by atoms with Crippen LogP contribution in [0.15, 0.2) is 18.2 Å². The van der Waals surface area contributed by atoms with Gasteiger partial charge in [-0.3, -0.25) is 0 Å². The van der Waals surface area contributed by atoms with Gasteiger partial charge in [-0.05, 0) is 50.2 Å². The molecule has 1 unspecified atom stereocenters. The Kier molecular flexibility index (Phi) is 2.99. The summed E-state index contributed by atoms with van der Waals surface area (Å²) in [6, 6.07) is 7.22. The Hall–Kier alpha value is -0.980. The summed E-state index contributed by atoms with van der Waals surface area (Å²) >= 11 is 0. The largest absolute Gasteiger partial charge is 0.382 e. The molecule has 1 saturated carbocycles. The number of rotatable bonds is 4. The SMILES string of the molecule is CCc1cccc(C)c1NC(C)C1CC1. The van der Waals surface area contributed by atoms with Gasteiger partial charge in [0.05, 0.1) is 0 Å². The Morgan fingerprint density at radius 2 is 2.13 bits per heavy atom. The highest BCUT2D eigenvalue weighted by atomic mass is 14.9. The van der Waals surface area contributed by atoms with Crippen LogP contribution in [0.4, 0.5) is 5.69 Å². The molecule has 0 saturated heterocycles. The first kappa shape index (κ1) is 10.5. The zero-order chi connectivity index (χ0) is 10.8. The predicted molar refractivity (Wildman–Crippen MR) is 66.4 cm³/mol. The van der Waals surface area contributed by atoms with Crippen LogP contribution in [0.5, 0.6) is 0 Å². The summed E-state index contributed by atoms with van der Waals surface area (Å²) in [7, 11) is 0. The molecule has 1 fully saturated rings. The van der Waals surface area contributed by atoms with Crippen molar-refractivity contribution >= 4 is 5.69 Å². The second-order valence-electron chi connectivity index (χ2n) is 4.73. The molecule has 1 aliphatic carbocycles. The van der Waals surface area contributed by atoms with Gasteiger partial charge in [0.2, 0.25) is 0 Å². The van der Waals surface area contributed by atoms with Gasteiger partial charge in [-0.15, -0.1) is 0 Å². The highest BCUT2D eigenvalue weighted by molar-refractivity contribution is 5.57. The summed E-state index contributed by atoms with van der Waals surface area (Å²) < 4.78 is 0. The highest BCUT2D eigenvalue weighted by Crippen LogP contribution is 2.35. The van der Waals surface area contributed by atoms with E-state index in [2.05, 4.69) is 44.3 Å². The fourth-order valence-electron chi connectivity index (χ4n) is 2.17. The molecule has 1 aliphatic rings. The molecule has 1 nitrogen and oxygen atoms in total. The Balaban J connectivity index is 2.17. The first-order chi connectivity index (χ1) is 7.22. The maximum Gasteiger partial charge on any atom is 0.0404 e. The number of nitrogens with one attached hydrogen (secondary N) is 1. The fourth-order valence-corrected chi connectivity index (χ4v) is 2.17. The quantitative estimate of drug-likeness (QED) is 0.785. The van der Waals surface area contributed by atoms with E-state index in [4.69, 9.17) is 0 Å². The summed E-state index contributed by atoms with van der Waals surface area (Å²) in [6.07, 6.45) is 3.92. The third-order valence-electron chi connectivity index (χ3n) is 3.44. The predicted octanol–water partition coefficient (Wildman–Crippen LogP) is 3.77. The molecule has 0 aromatic heterocycles. The van der Waals surface area contributed by atoms with Gasteiger partial charge >= 0.3 is 0 Å². The average molecular weight is 203 g/mol. The number of benzene rings is 1. The van der Waals surface area contributed by atoms with Gasteiger partial charge in [0.15, 0.2) is 0 Å². The van der Waals surface area contributed by atoms with Crippen LogP contribution in [0.1, 0.15) is 37.8 Å². The number of hydrogen-bond acceptors (Lipinski definition) is 1. The molecule has 0 amide bonds. The number of anilines is 1. The van der Waals surface area contributed by atoms with Crippen LogP contribution in [-0.4, -0.2) is 6.04 Å². The maximum atomic E-state index is 3.69. The lowest BCUT2D eigenvalue weighted by Crippen LogP contribution is -2.19. The van der Waals surface area contributed by atoms with Crippen LogP contribution in [-0.2, 0) is 6.42 Å². The zero-order valence-electron chi connectivity index (χ0n) is 10.0. The van der Waals surface area contributed by atoms with Gasteiger partial charge in [0.25, 0.3) is 0 Å². The first-order valence-corrected chi connectivity index (χ1v) is 6.07. The summed E-state index contributed by atoms with van der Waals surface area (Å²) in [6.45, 7) is 6.73. The van der Waals surface area contributed by atoms with E-state index in [9.17, 15) is 0 Å². The standard InChI is InChI=1S/C14H21N/c1-4-12-7-5-6-10(2)14(12)15-11(3)13-8-9-13/h5-7,11,13,15H,4,8-9H2,1-3H3. The topological polar surface area (TPSA) is 12.0 Å². The summed E-state index contributed by atoms with van der Waals surface area (Å²) in [4.78, 5) is 0. The van der Waals surface area contributed by atoms with Crippen molar-refractivity contribution in [3.63, 3.8) is 0 Å². The molecule has 1 heteroatoms. The second kappa shape index (κ2) is 4.26. The molecule has 0 heterocycles. The average Bonchev–Trinajstić information content (AvgIpc) is 3.04. The van der Waals surface area contributed by atoms with E-state index in [0.29, 0.717) is 6.04 Å². The third-order valence-corrected chi connectivity index (χ3v) is 3.44. The van der Waals surface area contributed by atoms with Crippen LogP contribution in [0.3, 0.4) is 0 Å². The first-order valence-electron chi connectivity index (χ1n) is 6.07. The lowest BCUT2D eigenvalue weighted by atomic mass is 10.0. The lowest BCUT2D eigenvalue weighted by Gasteiger charge is -2.19. The van der Waals surface area contributed by atoms with Crippen molar-refractivity contribution in [1.82, 2.24) is 0 Å². The molecule has 2 rings (SSSR count). The van der Waals surface area contributed by atoms with Crippen LogP contribution in [0.25, 0.3) is 0 Å². The van der Waals surface area contributed by atoms with Crippen molar-refractivity contribution in [3.05, 3.63) is 29.3 Å². The van der Waals surface area contributed by atoms with E-state index in [1.807, 2.05) is 0 Å². The molecule has 1 aromatic carbocycles. The van der Waals surface area contributed by atoms with Crippen LogP contribution < -0.4 is 5.32 Å².